The Labute approximate surface area is 99.8 Å². The molecule has 0 atom stereocenters. The fourth-order valence-corrected chi connectivity index (χ4v) is 2.02. The zero-order valence-corrected chi connectivity index (χ0v) is 9.44. The van der Waals surface area contributed by atoms with E-state index in [1.807, 2.05) is 29.2 Å². The summed E-state index contributed by atoms with van der Waals surface area (Å²) >= 11 is 0. The number of anilines is 2. The molecule has 0 unspecified atom stereocenters. The second kappa shape index (κ2) is 4.74. The summed E-state index contributed by atoms with van der Waals surface area (Å²) in [6.07, 6.45) is 0.909. The molecule has 0 aliphatic carbocycles. The zero-order chi connectivity index (χ0) is 12.3. The maximum atomic E-state index is 11.5. The number of carbonyl (C=O) groups is 1. The van der Waals surface area contributed by atoms with Gasteiger partial charge in [-0.15, -0.1) is 0 Å². The van der Waals surface area contributed by atoms with Gasteiger partial charge in [0.1, 0.15) is 6.54 Å². The average molecular weight is 230 g/mol. The minimum Gasteiger partial charge on any atom is -0.399 e. The maximum absolute atomic E-state index is 11.5. The second-order valence-corrected chi connectivity index (χ2v) is 3.99. The monoisotopic (exact) mass is 230 g/mol. The summed E-state index contributed by atoms with van der Waals surface area (Å²) in [6.45, 7) is 1.17. The van der Waals surface area contributed by atoms with Gasteiger partial charge in [0.15, 0.2) is 0 Å². The van der Waals surface area contributed by atoms with Crippen LogP contribution >= 0.6 is 0 Å². The van der Waals surface area contributed by atoms with E-state index in [1.54, 1.807) is 0 Å². The Morgan fingerprint density at radius 3 is 3.18 bits per heavy atom. The number of amides is 1. The van der Waals surface area contributed by atoms with Crippen molar-refractivity contribution in [3.63, 3.8) is 0 Å². The van der Waals surface area contributed by atoms with E-state index in [1.165, 1.54) is 5.56 Å². The SMILES string of the molecule is N#CCNC(=O)CN1CCc2cc(N)ccc21. The van der Waals surface area contributed by atoms with Crippen LogP contribution < -0.4 is 16.0 Å². The van der Waals surface area contributed by atoms with E-state index in [-0.39, 0.29) is 12.5 Å². The van der Waals surface area contributed by atoms with Crippen molar-refractivity contribution in [2.45, 2.75) is 6.42 Å². The second-order valence-electron chi connectivity index (χ2n) is 3.99. The van der Waals surface area contributed by atoms with Crippen molar-refractivity contribution in [3.8, 4) is 6.07 Å². The predicted octanol–water partition coefficient (Wildman–Crippen LogP) is 0.271. The van der Waals surface area contributed by atoms with Gasteiger partial charge in [0.25, 0.3) is 0 Å². The van der Waals surface area contributed by atoms with Crippen LogP contribution in [0.2, 0.25) is 0 Å². The average Bonchev–Trinajstić information content (AvgIpc) is 2.69. The Balaban J connectivity index is 2.03. The molecule has 1 aromatic carbocycles. The summed E-state index contributed by atoms with van der Waals surface area (Å²) in [6, 6.07) is 7.61. The van der Waals surface area contributed by atoms with Crippen molar-refractivity contribution in [1.82, 2.24) is 5.32 Å². The summed E-state index contributed by atoms with van der Waals surface area (Å²) < 4.78 is 0. The molecule has 0 saturated heterocycles. The zero-order valence-electron chi connectivity index (χ0n) is 9.44. The molecule has 0 bridgehead atoms. The van der Waals surface area contributed by atoms with Crippen LogP contribution in [0.25, 0.3) is 0 Å². The summed E-state index contributed by atoms with van der Waals surface area (Å²) in [5, 5.41) is 10.9. The van der Waals surface area contributed by atoms with Crippen molar-refractivity contribution >= 4 is 17.3 Å². The van der Waals surface area contributed by atoms with E-state index in [9.17, 15) is 4.79 Å². The van der Waals surface area contributed by atoms with Crippen LogP contribution in [0.4, 0.5) is 11.4 Å². The maximum Gasteiger partial charge on any atom is 0.240 e. The quantitative estimate of drug-likeness (QED) is 0.577. The number of benzene rings is 1. The number of nitrogens with one attached hydrogen (secondary N) is 1. The first-order chi connectivity index (χ1) is 8.20. The van der Waals surface area contributed by atoms with E-state index in [0.29, 0.717) is 6.54 Å². The molecule has 3 N–H and O–H groups in total. The van der Waals surface area contributed by atoms with Gasteiger partial charge in [-0.1, -0.05) is 0 Å². The summed E-state index contributed by atoms with van der Waals surface area (Å²) in [4.78, 5) is 13.5. The number of hydrogen-bond donors (Lipinski definition) is 2. The molecule has 5 heteroatoms. The molecule has 88 valence electrons. The van der Waals surface area contributed by atoms with E-state index in [0.717, 1.165) is 24.3 Å². The highest BCUT2D eigenvalue weighted by molar-refractivity contribution is 5.82. The lowest BCUT2D eigenvalue weighted by Crippen LogP contribution is -2.36. The minimum absolute atomic E-state index is 0.0568. The number of carbonyl (C=O) groups excluding carboxylic acids is 1. The highest BCUT2D eigenvalue weighted by Gasteiger charge is 2.20. The van der Waals surface area contributed by atoms with Crippen molar-refractivity contribution < 1.29 is 4.79 Å². The van der Waals surface area contributed by atoms with Gasteiger partial charge in [0.05, 0.1) is 12.6 Å². The molecule has 1 aromatic rings. The topological polar surface area (TPSA) is 82.2 Å². The molecular formula is C12H14N4O. The molecule has 0 fully saturated rings. The standard InChI is InChI=1S/C12H14N4O/c13-4-5-15-12(17)8-16-6-3-9-7-10(14)1-2-11(9)16/h1-2,7H,3,5-6,8,14H2,(H,15,17). The Hall–Kier alpha value is -2.22. The van der Waals surface area contributed by atoms with E-state index < -0.39 is 0 Å². The van der Waals surface area contributed by atoms with Crippen LogP contribution in [0.3, 0.4) is 0 Å². The number of nitriles is 1. The molecule has 1 amide bonds. The van der Waals surface area contributed by atoms with Gasteiger partial charge >= 0.3 is 0 Å². The minimum atomic E-state index is -0.128. The van der Waals surface area contributed by atoms with Crippen molar-refractivity contribution in [3.05, 3.63) is 23.8 Å². The first-order valence-electron chi connectivity index (χ1n) is 5.47. The van der Waals surface area contributed by atoms with Crippen LogP contribution in [-0.4, -0.2) is 25.5 Å². The van der Waals surface area contributed by atoms with Gasteiger partial charge < -0.3 is 16.0 Å². The number of fused-ring (bicyclic) bond motifs is 1. The first kappa shape index (κ1) is 11.3. The van der Waals surface area contributed by atoms with E-state index in [4.69, 9.17) is 11.0 Å². The Morgan fingerprint density at radius 2 is 2.41 bits per heavy atom. The van der Waals surface area contributed by atoms with Gasteiger partial charge in [0.2, 0.25) is 5.91 Å². The fourth-order valence-electron chi connectivity index (χ4n) is 2.02. The van der Waals surface area contributed by atoms with Crippen LogP contribution in [-0.2, 0) is 11.2 Å². The Kier molecular flexibility index (Phi) is 3.15. The van der Waals surface area contributed by atoms with E-state index in [2.05, 4.69) is 5.32 Å². The molecule has 2 rings (SSSR count). The smallest absolute Gasteiger partial charge is 0.240 e. The van der Waals surface area contributed by atoms with Gasteiger partial charge in [0, 0.05) is 17.9 Å². The Bertz CT molecular complexity index is 478. The molecule has 1 aliphatic heterocycles. The normalized spacial score (nSPS) is 13.0. The van der Waals surface area contributed by atoms with Crippen molar-refractivity contribution in [2.75, 3.05) is 30.3 Å². The number of nitrogens with zero attached hydrogens (tertiary/aromatic N) is 2. The molecule has 0 spiro atoms. The van der Waals surface area contributed by atoms with Crippen LogP contribution in [0, 0.1) is 11.3 Å². The third kappa shape index (κ3) is 2.48. The molecule has 1 heterocycles. The van der Waals surface area contributed by atoms with Crippen LogP contribution in [0.5, 0.6) is 0 Å². The van der Waals surface area contributed by atoms with E-state index >= 15 is 0 Å². The molecule has 17 heavy (non-hydrogen) atoms. The lowest BCUT2D eigenvalue weighted by atomic mass is 10.1. The van der Waals surface area contributed by atoms with Crippen molar-refractivity contribution in [2.24, 2.45) is 0 Å². The fraction of sp³-hybridized carbons (Fsp3) is 0.333. The number of rotatable bonds is 3. The third-order valence-electron chi connectivity index (χ3n) is 2.79. The lowest BCUT2D eigenvalue weighted by Gasteiger charge is -2.18. The largest absolute Gasteiger partial charge is 0.399 e. The van der Waals surface area contributed by atoms with Gasteiger partial charge in [-0.05, 0) is 30.2 Å². The third-order valence-corrected chi connectivity index (χ3v) is 2.79. The summed E-state index contributed by atoms with van der Waals surface area (Å²) in [7, 11) is 0. The molecule has 1 aliphatic rings. The molecule has 5 nitrogen and oxygen atoms in total. The predicted molar refractivity (Wildman–Crippen MR) is 65.4 cm³/mol. The highest BCUT2D eigenvalue weighted by atomic mass is 16.2. The van der Waals surface area contributed by atoms with Gasteiger partial charge in [-0.3, -0.25) is 4.79 Å². The summed E-state index contributed by atoms with van der Waals surface area (Å²) in [5.74, 6) is -0.128. The number of nitrogens with two attached hydrogens (primary N) is 1. The number of hydrogen-bond acceptors (Lipinski definition) is 4. The van der Waals surface area contributed by atoms with Crippen LogP contribution in [0.15, 0.2) is 18.2 Å². The molecular weight excluding hydrogens is 216 g/mol. The first-order valence-corrected chi connectivity index (χ1v) is 5.47. The number of nitrogen functional groups attached to an aromatic ring is 1. The van der Waals surface area contributed by atoms with Crippen molar-refractivity contribution in [1.29, 1.82) is 5.26 Å². The van der Waals surface area contributed by atoms with Gasteiger partial charge in [-0.25, -0.2) is 0 Å². The molecule has 0 aromatic heterocycles. The van der Waals surface area contributed by atoms with Crippen LogP contribution in [0.1, 0.15) is 5.56 Å². The highest BCUT2D eigenvalue weighted by Crippen LogP contribution is 2.29. The van der Waals surface area contributed by atoms with Gasteiger partial charge in [-0.2, -0.15) is 5.26 Å². The molecule has 0 saturated carbocycles. The summed E-state index contributed by atoms with van der Waals surface area (Å²) in [5.41, 5.74) is 8.70. The molecule has 0 radical (unpaired) electrons. The lowest BCUT2D eigenvalue weighted by molar-refractivity contribution is -0.119. The Morgan fingerprint density at radius 1 is 1.59 bits per heavy atom.